The van der Waals surface area contributed by atoms with Gasteiger partial charge in [-0.15, -0.1) is 0 Å². The summed E-state index contributed by atoms with van der Waals surface area (Å²) in [6.07, 6.45) is 1.23. The molecule has 0 saturated heterocycles. The maximum atomic E-state index is 13.0. The van der Waals surface area contributed by atoms with Gasteiger partial charge in [-0.1, -0.05) is 24.6 Å². The third kappa shape index (κ3) is 3.05. The Morgan fingerprint density at radius 1 is 1.30 bits per heavy atom. The van der Waals surface area contributed by atoms with E-state index in [1.54, 1.807) is 12.1 Å². The van der Waals surface area contributed by atoms with Gasteiger partial charge in [0.2, 0.25) is 0 Å². The molecule has 0 bridgehead atoms. The fraction of sp³-hybridized carbons (Fsp3) is 0.375. The Labute approximate surface area is 122 Å². The number of benzene rings is 1. The lowest BCUT2D eigenvalue weighted by molar-refractivity contribution is 0.444. The van der Waals surface area contributed by atoms with Gasteiger partial charge in [-0.2, -0.15) is 0 Å². The summed E-state index contributed by atoms with van der Waals surface area (Å²) in [4.78, 5) is 0. The molecule has 1 saturated carbocycles. The first-order valence-corrected chi connectivity index (χ1v) is 7.24. The van der Waals surface area contributed by atoms with E-state index in [9.17, 15) is 4.39 Å². The van der Waals surface area contributed by atoms with Crippen LogP contribution in [0.4, 0.5) is 4.39 Å². The van der Waals surface area contributed by atoms with Crippen molar-refractivity contribution in [1.82, 2.24) is 5.32 Å². The van der Waals surface area contributed by atoms with Crippen LogP contribution in [0.25, 0.3) is 0 Å². The van der Waals surface area contributed by atoms with Crippen molar-refractivity contribution in [2.75, 3.05) is 0 Å². The molecule has 0 radical (unpaired) electrons. The van der Waals surface area contributed by atoms with Crippen molar-refractivity contribution in [2.45, 2.75) is 32.4 Å². The first-order chi connectivity index (χ1) is 9.63. The van der Waals surface area contributed by atoms with Gasteiger partial charge >= 0.3 is 0 Å². The zero-order chi connectivity index (χ0) is 14.1. The van der Waals surface area contributed by atoms with Crippen molar-refractivity contribution in [3.05, 3.63) is 58.3 Å². The molecular formula is C16H17ClFNO. The van der Waals surface area contributed by atoms with Crippen LogP contribution in [0.15, 0.2) is 34.7 Å². The molecule has 106 valence electrons. The minimum atomic E-state index is -0.385. The van der Waals surface area contributed by atoms with Gasteiger partial charge in [-0.25, -0.2) is 4.39 Å². The zero-order valence-corrected chi connectivity index (χ0v) is 12.1. The Morgan fingerprint density at radius 2 is 2.10 bits per heavy atom. The van der Waals surface area contributed by atoms with Crippen LogP contribution in [0.3, 0.4) is 0 Å². The molecule has 1 aliphatic rings. The van der Waals surface area contributed by atoms with Crippen LogP contribution in [-0.2, 0) is 13.1 Å². The van der Waals surface area contributed by atoms with Crippen LogP contribution >= 0.6 is 11.6 Å². The van der Waals surface area contributed by atoms with E-state index in [-0.39, 0.29) is 10.8 Å². The number of nitrogens with one attached hydrogen (secondary N) is 1. The van der Waals surface area contributed by atoms with E-state index in [1.165, 1.54) is 12.5 Å². The van der Waals surface area contributed by atoms with Crippen LogP contribution in [0.1, 0.15) is 36.3 Å². The van der Waals surface area contributed by atoms with Crippen LogP contribution < -0.4 is 5.32 Å². The molecule has 2 atom stereocenters. The second kappa shape index (κ2) is 5.58. The topological polar surface area (TPSA) is 25.2 Å². The summed E-state index contributed by atoms with van der Waals surface area (Å²) in [7, 11) is 0. The second-order valence-corrected chi connectivity index (χ2v) is 5.88. The lowest BCUT2D eigenvalue weighted by Gasteiger charge is -2.04. The third-order valence-corrected chi connectivity index (χ3v) is 4.06. The van der Waals surface area contributed by atoms with Crippen molar-refractivity contribution < 1.29 is 8.81 Å². The van der Waals surface area contributed by atoms with Gasteiger partial charge in [0.05, 0.1) is 11.6 Å². The average molecular weight is 294 g/mol. The summed E-state index contributed by atoms with van der Waals surface area (Å²) < 4.78 is 18.8. The second-order valence-electron chi connectivity index (χ2n) is 5.48. The lowest BCUT2D eigenvalue weighted by atomic mass is 10.2. The van der Waals surface area contributed by atoms with Gasteiger partial charge in [0, 0.05) is 12.5 Å². The first-order valence-electron chi connectivity index (χ1n) is 6.86. The zero-order valence-electron chi connectivity index (χ0n) is 11.3. The van der Waals surface area contributed by atoms with E-state index < -0.39 is 0 Å². The highest BCUT2D eigenvalue weighted by molar-refractivity contribution is 6.30. The summed E-state index contributed by atoms with van der Waals surface area (Å²) in [5.41, 5.74) is 0.957. The number of hydrogen-bond donors (Lipinski definition) is 1. The summed E-state index contributed by atoms with van der Waals surface area (Å²) in [6, 6.07) is 8.85. The number of halogens is 2. The van der Waals surface area contributed by atoms with E-state index in [1.807, 2.05) is 6.07 Å². The molecule has 1 N–H and O–H groups in total. The Balaban J connectivity index is 1.52. The van der Waals surface area contributed by atoms with Crippen molar-refractivity contribution in [1.29, 1.82) is 0 Å². The minimum absolute atomic E-state index is 0.160. The number of rotatable bonds is 5. The fourth-order valence-electron chi connectivity index (χ4n) is 2.39. The van der Waals surface area contributed by atoms with Crippen LogP contribution in [0, 0.1) is 11.7 Å². The number of hydrogen-bond acceptors (Lipinski definition) is 2. The lowest BCUT2D eigenvalue weighted by Crippen LogP contribution is -2.12. The van der Waals surface area contributed by atoms with E-state index in [0.29, 0.717) is 19.0 Å². The molecule has 0 aliphatic heterocycles. The highest BCUT2D eigenvalue weighted by atomic mass is 35.5. The minimum Gasteiger partial charge on any atom is -0.464 e. The van der Waals surface area contributed by atoms with E-state index in [0.717, 1.165) is 23.0 Å². The Hall–Kier alpha value is -1.32. The molecule has 2 aromatic rings. The maximum Gasteiger partial charge on any atom is 0.141 e. The molecule has 20 heavy (non-hydrogen) atoms. The smallest absolute Gasteiger partial charge is 0.141 e. The molecule has 2 nitrogen and oxygen atoms in total. The first kappa shape index (κ1) is 13.7. The molecule has 1 heterocycles. The quantitative estimate of drug-likeness (QED) is 0.879. The average Bonchev–Trinajstić information content (AvgIpc) is 2.97. The van der Waals surface area contributed by atoms with Gasteiger partial charge in [0.1, 0.15) is 17.3 Å². The SMILES string of the molecule is CC1CC1c1ccc(CNCc2ccc(F)c(Cl)c2)o1. The molecule has 1 aromatic carbocycles. The van der Waals surface area contributed by atoms with Crippen LogP contribution in [-0.4, -0.2) is 0 Å². The van der Waals surface area contributed by atoms with Crippen molar-refractivity contribution in [3.8, 4) is 0 Å². The predicted octanol–water partition coefficient (Wildman–Crippen LogP) is 4.49. The molecule has 1 aromatic heterocycles. The summed E-state index contributed by atoms with van der Waals surface area (Å²) in [5.74, 6) is 3.01. The summed E-state index contributed by atoms with van der Waals surface area (Å²) >= 11 is 5.75. The Kier molecular flexibility index (Phi) is 3.81. The van der Waals surface area contributed by atoms with Crippen molar-refractivity contribution >= 4 is 11.6 Å². The van der Waals surface area contributed by atoms with E-state index in [4.69, 9.17) is 16.0 Å². The molecule has 1 aliphatic carbocycles. The van der Waals surface area contributed by atoms with Gasteiger partial charge < -0.3 is 9.73 Å². The molecule has 0 amide bonds. The van der Waals surface area contributed by atoms with Gasteiger partial charge in [0.15, 0.2) is 0 Å². The number of furan rings is 1. The monoisotopic (exact) mass is 293 g/mol. The third-order valence-electron chi connectivity index (χ3n) is 3.77. The standard InChI is InChI=1S/C16H17ClFNO/c1-10-6-13(10)16-5-3-12(20-16)9-19-8-11-2-4-15(18)14(17)7-11/h2-5,7,10,13,19H,6,8-9H2,1H3. The molecule has 3 rings (SSSR count). The normalized spacial score (nSPS) is 21.1. The maximum absolute atomic E-state index is 13.0. The fourth-order valence-corrected chi connectivity index (χ4v) is 2.59. The summed E-state index contributed by atoms with van der Waals surface area (Å²) in [6.45, 7) is 3.54. The highest BCUT2D eigenvalue weighted by Gasteiger charge is 2.36. The molecule has 2 unspecified atom stereocenters. The largest absolute Gasteiger partial charge is 0.464 e. The van der Waals surface area contributed by atoms with Crippen LogP contribution in [0.5, 0.6) is 0 Å². The van der Waals surface area contributed by atoms with E-state index >= 15 is 0 Å². The summed E-state index contributed by atoms with van der Waals surface area (Å²) in [5, 5.41) is 3.43. The Bertz CT molecular complexity index is 610. The van der Waals surface area contributed by atoms with Gasteiger partial charge in [-0.3, -0.25) is 0 Å². The van der Waals surface area contributed by atoms with Crippen molar-refractivity contribution in [2.24, 2.45) is 5.92 Å². The highest BCUT2D eigenvalue weighted by Crippen LogP contribution is 2.47. The van der Waals surface area contributed by atoms with Crippen LogP contribution in [0.2, 0.25) is 5.02 Å². The van der Waals surface area contributed by atoms with Gasteiger partial charge in [0.25, 0.3) is 0 Å². The molecule has 1 fully saturated rings. The van der Waals surface area contributed by atoms with E-state index in [2.05, 4.69) is 18.3 Å². The molecule has 4 heteroatoms. The predicted molar refractivity (Wildman–Crippen MR) is 77.2 cm³/mol. The van der Waals surface area contributed by atoms with Crippen molar-refractivity contribution in [3.63, 3.8) is 0 Å². The molecular weight excluding hydrogens is 277 g/mol. The molecule has 0 spiro atoms. The van der Waals surface area contributed by atoms with Gasteiger partial charge in [-0.05, 0) is 42.2 Å². The Morgan fingerprint density at radius 3 is 2.80 bits per heavy atom.